The third kappa shape index (κ3) is 3.28. The van der Waals surface area contributed by atoms with Gasteiger partial charge in [0.1, 0.15) is 6.20 Å². The molecule has 1 fully saturated rings. The molecule has 1 aromatic heterocycles. The molecule has 0 spiro atoms. The second kappa shape index (κ2) is 5.79. The zero-order chi connectivity index (χ0) is 13.8. The van der Waals surface area contributed by atoms with Gasteiger partial charge in [0.2, 0.25) is 17.0 Å². The molecule has 1 N–H and O–H groups in total. The van der Waals surface area contributed by atoms with Crippen LogP contribution in [0.3, 0.4) is 0 Å². The number of nitrogens with zero attached hydrogens (tertiary/aromatic N) is 4. The summed E-state index contributed by atoms with van der Waals surface area (Å²) in [6.07, 6.45) is 2.99. The molecule has 1 amide bonds. The Kier molecular flexibility index (Phi) is 4.10. The van der Waals surface area contributed by atoms with Gasteiger partial charge in [-0.1, -0.05) is 0 Å². The van der Waals surface area contributed by atoms with Gasteiger partial charge in [-0.25, -0.2) is 4.98 Å². The number of halogens is 1. The molecule has 0 atom stereocenters. The van der Waals surface area contributed by atoms with Crippen LogP contribution in [-0.2, 0) is 4.79 Å². The Bertz CT molecular complexity index is 504. The molecule has 2 rings (SSSR count). The van der Waals surface area contributed by atoms with Gasteiger partial charge in [0.15, 0.2) is 0 Å². The van der Waals surface area contributed by atoms with Crippen molar-refractivity contribution in [3.8, 4) is 0 Å². The number of nitrogens with one attached hydrogen (secondary N) is 1. The van der Waals surface area contributed by atoms with E-state index >= 15 is 0 Å². The van der Waals surface area contributed by atoms with E-state index in [9.17, 15) is 14.9 Å². The summed E-state index contributed by atoms with van der Waals surface area (Å²) in [5.74, 6) is -0.154. The number of aromatic nitrogens is 2. The van der Waals surface area contributed by atoms with Crippen molar-refractivity contribution in [1.82, 2.24) is 14.9 Å². The number of carbonyl (C=O) groups excluding carboxylic acids is 1. The lowest BCUT2D eigenvalue weighted by Gasteiger charge is -2.15. The number of carbonyl (C=O) groups is 1. The number of hydrogen-bond acceptors (Lipinski definition) is 6. The summed E-state index contributed by atoms with van der Waals surface area (Å²) in [6.45, 7) is 1.41. The average molecular weight is 286 g/mol. The monoisotopic (exact) mass is 285 g/mol. The lowest BCUT2D eigenvalue weighted by Crippen LogP contribution is -2.33. The Hall–Kier alpha value is -1.96. The van der Waals surface area contributed by atoms with Gasteiger partial charge in [-0.2, -0.15) is 4.98 Å². The lowest BCUT2D eigenvalue weighted by atomic mass is 10.4. The van der Waals surface area contributed by atoms with Crippen molar-refractivity contribution in [1.29, 1.82) is 0 Å². The molecule has 1 aliphatic heterocycles. The van der Waals surface area contributed by atoms with Crippen LogP contribution < -0.4 is 5.32 Å². The molecule has 0 radical (unpaired) electrons. The van der Waals surface area contributed by atoms with Crippen LogP contribution in [0.25, 0.3) is 0 Å². The van der Waals surface area contributed by atoms with Gasteiger partial charge in [-0.15, -0.1) is 0 Å². The molecule has 0 unspecified atom stereocenters. The van der Waals surface area contributed by atoms with E-state index < -0.39 is 4.92 Å². The summed E-state index contributed by atoms with van der Waals surface area (Å²) in [6, 6.07) is 0. The van der Waals surface area contributed by atoms with Crippen LogP contribution in [0, 0.1) is 10.1 Å². The zero-order valence-corrected chi connectivity index (χ0v) is 10.8. The summed E-state index contributed by atoms with van der Waals surface area (Å²) >= 11 is 5.58. The van der Waals surface area contributed by atoms with Crippen molar-refractivity contribution in [2.45, 2.75) is 12.8 Å². The molecule has 19 heavy (non-hydrogen) atoms. The Morgan fingerprint density at radius 2 is 2.21 bits per heavy atom. The van der Waals surface area contributed by atoms with Crippen molar-refractivity contribution in [3.63, 3.8) is 0 Å². The fourth-order valence-electron chi connectivity index (χ4n) is 1.86. The summed E-state index contributed by atoms with van der Waals surface area (Å²) in [5, 5.41) is 13.3. The van der Waals surface area contributed by atoms with Gasteiger partial charge >= 0.3 is 5.69 Å². The van der Waals surface area contributed by atoms with Gasteiger partial charge < -0.3 is 10.2 Å². The molecule has 2 heterocycles. The first-order valence-electron chi connectivity index (χ1n) is 5.76. The molecule has 1 aliphatic rings. The van der Waals surface area contributed by atoms with Crippen LogP contribution in [0.4, 0.5) is 11.5 Å². The summed E-state index contributed by atoms with van der Waals surface area (Å²) in [7, 11) is 0. The maximum atomic E-state index is 11.8. The smallest absolute Gasteiger partial charge is 0.329 e. The summed E-state index contributed by atoms with van der Waals surface area (Å²) < 4.78 is 0. The maximum absolute atomic E-state index is 11.8. The highest BCUT2D eigenvalue weighted by molar-refractivity contribution is 6.28. The standard InChI is InChI=1S/C10H12ClN5O3/c11-10-13-5-7(16(18)19)9(14-10)12-6-8(17)15-3-1-2-4-15/h5H,1-4,6H2,(H,12,13,14). The van der Waals surface area contributed by atoms with Crippen molar-refractivity contribution in [2.75, 3.05) is 25.0 Å². The molecule has 0 aliphatic carbocycles. The van der Waals surface area contributed by atoms with Crippen LogP contribution in [-0.4, -0.2) is 45.3 Å². The Labute approximate surface area is 113 Å². The molecule has 102 valence electrons. The average Bonchev–Trinajstić information content (AvgIpc) is 2.89. The van der Waals surface area contributed by atoms with E-state index in [2.05, 4.69) is 15.3 Å². The number of anilines is 1. The first-order valence-corrected chi connectivity index (χ1v) is 6.14. The van der Waals surface area contributed by atoms with E-state index in [1.165, 1.54) is 0 Å². The van der Waals surface area contributed by atoms with Crippen LogP contribution in [0.1, 0.15) is 12.8 Å². The van der Waals surface area contributed by atoms with Crippen LogP contribution in [0.2, 0.25) is 5.28 Å². The fraction of sp³-hybridized carbons (Fsp3) is 0.500. The molecule has 1 saturated heterocycles. The highest BCUT2D eigenvalue weighted by Crippen LogP contribution is 2.21. The Balaban J connectivity index is 2.04. The van der Waals surface area contributed by atoms with Gasteiger partial charge in [0.05, 0.1) is 11.5 Å². The van der Waals surface area contributed by atoms with Crippen LogP contribution >= 0.6 is 11.6 Å². The van der Waals surface area contributed by atoms with E-state index in [1.807, 2.05) is 0 Å². The summed E-state index contributed by atoms with van der Waals surface area (Å²) in [5.41, 5.74) is -0.307. The number of amides is 1. The van der Waals surface area contributed by atoms with Crippen molar-refractivity contribution < 1.29 is 9.72 Å². The van der Waals surface area contributed by atoms with Gasteiger partial charge in [-0.05, 0) is 24.4 Å². The Morgan fingerprint density at radius 3 is 2.84 bits per heavy atom. The predicted molar refractivity (Wildman–Crippen MR) is 68.0 cm³/mol. The SMILES string of the molecule is O=C(CNc1nc(Cl)ncc1[N+](=O)[O-])N1CCCC1. The second-order valence-electron chi connectivity index (χ2n) is 4.07. The largest absolute Gasteiger partial charge is 0.355 e. The van der Waals surface area contributed by atoms with Gasteiger partial charge in [0.25, 0.3) is 0 Å². The summed E-state index contributed by atoms with van der Waals surface area (Å²) in [4.78, 5) is 30.9. The normalized spacial score (nSPS) is 14.5. The van der Waals surface area contributed by atoms with Crippen molar-refractivity contribution in [3.05, 3.63) is 21.6 Å². The van der Waals surface area contributed by atoms with Gasteiger partial charge in [0, 0.05) is 13.1 Å². The first kappa shape index (κ1) is 13.5. The third-order valence-electron chi connectivity index (χ3n) is 2.80. The molecule has 0 saturated carbocycles. The molecular weight excluding hydrogens is 274 g/mol. The van der Waals surface area contributed by atoms with Crippen LogP contribution in [0.5, 0.6) is 0 Å². The minimum atomic E-state index is -0.626. The van der Waals surface area contributed by atoms with Gasteiger partial charge in [-0.3, -0.25) is 14.9 Å². The minimum Gasteiger partial charge on any atom is -0.355 e. The number of nitro groups is 1. The van der Waals surface area contributed by atoms with E-state index in [-0.39, 0.29) is 29.2 Å². The highest BCUT2D eigenvalue weighted by atomic mass is 35.5. The molecule has 0 aromatic carbocycles. The molecule has 9 heteroatoms. The topological polar surface area (TPSA) is 101 Å². The maximum Gasteiger partial charge on any atom is 0.329 e. The fourth-order valence-corrected chi connectivity index (χ4v) is 1.99. The highest BCUT2D eigenvalue weighted by Gasteiger charge is 2.21. The van der Waals surface area contributed by atoms with E-state index in [0.717, 1.165) is 32.1 Å². The predicted octanol–water partition coefficient (Wildman–Crippen LogP) is 1.07. The second-order valence-corrected chi connectivity index (χ2v) is 4.41. The number of likely N-dealkylation sites (tertiary alicyclic amines) is 1. The lowest BCUT2D eigenvalue weighted by molar-refractivity contribution is -0.384. The van der Waals surface area contributed by atoms with Crippen LogP contribution in [0.15, 0.2) is 6.20 Å². The third-order valence-corrected chi connectivity index (χ3v) is 2.98. The molecule has 8 nitrogen and oxygen atoms in total. The van der Waals surface area contributed by atoms with E-state index in [0.29, 0.717) is 0 Å². The Morgan fingerprint density at radius 1 is 1.53 bits per heavy atom. The van der Waals surface area contributed by atoms with Crippen molar-refractivity contribution in [2.24, 2.45) is 0 Å². The molecular formula is C10H12ClN5O3. The van der Waals surface area contributed by atoms with E-state index in [4.69, 9.17) is 11.6 Å². The minimum absolute atomic E-state index is 0.0439. The number of hydrogen-bond donors (Lipinski definition) is 1. The first-order chi connectivity index (χ1) is 9.08. The number of rotatable bonds is 4. The quantitative estimate of drug-likeness (QED) is 0.504. The molecule has 0 bridgehead atoms. The van der Waals surface area contributed by atoms with E-state index in [1.54, 1.807) is 4.90 Å². The van der Waals surface area contributed by atoms with Crippen molar-refractivity contribution >= 4 is 29.0 Å². The zero-order valence-electron chi connectivity index (χ0n) is 10.0. The molecule has 1 aromatic rings.